The van der Waals surface area contributed by atoms with Crippen LogP contribution in [-0.2, 0) is 16.6 Å². The molecule has 3 aromatic rings. The van der Waals surface area contributed by atoms with Crippen LogP contribution >= 0.6 is 0 Å². The summed E-state index contributed by atoms with van der Waals surface area (Å²) in [5, 5.41) is -0.332. The van der Waals surface area contributed by atoms with Crippen molar-refractivity contribution in [2.24, 2.45) is 0 Å². The second-order valence-corrected chi connectivity index (χ2v) is 8.05. The highest BCUT2D eigenvalue weighted by molar-refractivity contribution is 6.37. The van der Waals surface area contributed by atoms with E-state index in [0.717, 1.165) is 28.4 Å². The van der Waals surface area contributed by atoms with Crippen LogP contribution < -0.4 is 9.47 Å². The van der Waals surface area contributed by atoms with Gasteiger partial charge in [0.05, 0.1) is 28.0 Å². The van der Waals surface area contributed by atoms with Crippen LogP contribution in [0.5, 0.6) is 17.2 Å². The number of hydrogen-bond acceptors (Lipinski definition) is 3. The van der Waals surface area contributed by atoms with E-state index in [1.165, 1.54) is 0 Å². The Kier molecular flexibility index (Phi) is 6.90. The molecule has 0 aliphatic rings. The molecule has 3 rings (SSSR count). The van der Waals surface area contributed by atoms with Crippen molar-refractivity contribution >= 4 is 9.52 Å². The fourth-order valence-electron chi connectivity index (χ4n) is 2.89. The van der Waals surface area contributed by atoms with Crippen LogP contribution in [0.1, 0.15) is 25.0 Å². The first-order valence-electron chi connectivity index (χ1n) is 9.51. The minimum atomic E-state index is -0.332. The molecule has 2 radical (unpaired) electrons. The molecule has 3 aromatic carbocycles. The summed E-state index contributed by atoms with van der Waals surface area (Å²) in [6.45, 7) is 7.50. The minimum absolute atomic E-state index is 0.332. The molecular weight excluding hydrogens is 364 g/mol. The summed E-state index contributed by atoms with van der Waals surface area (Å²) in [5.74, 6) is 2.53. The Morgan fingerprint density at radius 2 is 1.54 bits per heavy atom. The molecule has 0 spiro atoms. The molecule has 0 aromatic heterocycles. The van der Waals surface area contributed by atoms with Crippen LogP contribution in [0.4, 0.5) is 0 Å². The van der Waals surface area contributed by atoms with E-state index < -0.39 is 0 Å². The summed E-state index contributed by atoms with van der Waals surface area (Å²) >= 11 is 0. The van der Waals surface area contributed by atoms with E-state index >= 15 is 0 Å². The quantitative estimate of drug-likeness (QED) is 0.418. The van der Waals surface area contributed by atoms with Gasteiger partial charge in [0, 0.05) is 0 Å². The second kappa shape index (κ2) is 9.58. The predicted octanol–water partition coefficient (Wildman–Crippen LogP) is 6.02. The zero-order valence-corrected chi connectivity index (χ0v) is 17.6. The molecule has 0 fully saturated rings. The van der Waals surface area contributed by atoms with Gasteiger partial charge in [0.2, 0.25) is 0 Å². The van der Waals surface area contributed by atoms with Gasteiger partial charge in [-0.3, -0.25) is 0 Å². The maximum Gasteiger partial charge on any atom is 0.127 e. The molecule has 4 heteroatoms. The van der Waals surface area contributed by atoms with Crippen LogP contribution in [-0.4, -0.2) is 16.1 Å². The maximum absolute atomic E-state index is 6.37. The summed E-state index contributed by atoms with van der Waals surface area (Å²) in [6, 6.07) is 26.1. The normalized spacial score (nSPS) is 13.0. The lowest BCUT2D eigenvalue weighted by Gasteiger charge is -2.29. The first kappa shape index (κ1) is 20.2. The van der Waals surface area contributed by atoms with E-state index in [2.05, 4.69) is 31.7 Å². The molecule has 0 N–H and O–H groups in total. The fraction of sp³-hybridized carbons (Fsp3) is 0.250. The van der Waals surface area contributed by atoms with Crippen LogP contribution in [0, 0.1) is 0 Å². The highest BCUT2D eigenvalue weighted by atomic mass is 28.2. The Morgan fingerprint density at radius 3 is 2.21 bits per heavy atom. The first-order chi connectivity index (χ1) is 13.6. The van der Waals surface area contributed by atoms with Crippen molar-refractivity contribution in [1.29, 1.82) is 0 Å². The third-order valence-corrected chi connectivity index (χ3v) is 5.99. The number of para-hydroxylation sites is 1. The zero-order valence-electron chi connectivity index (χ0n) is 16.6. The average molecular weight is 391 g/mol. The van der Waals surface area contributed by atoms with Crippen molar-refractivity contribution in [2.75, 3.05) is 6.61 Å². The van der Waals surface area contributed by atoms with Crippen LogP contribution in [0.3, 0.4) is 0 Å². The number of ether oxygens (including phenoxy) is 3. The maximum atomic E-state index is 6.37. The van der Waals surface area contributed by atoms with Gasteiger partial charge < -0.3 is 14.2 Å². The van der Waals surface area contributed by atoms with Crippen LogP contribution in [0.25, 0.3) is 0 Å². The third-order valence-electron chi connectivity index (χ3n) is 4.60. The van der Waals surface area contributed by atoms with Crippen molar-refractivity contribution in [3.05, 3.63) is 90.0 Å². The van der Waals surface area contributed by atoms with E-state index in [1.54, 1.807) is 0 Å². The Balaban J connectivity index is 1.68. The Labute approximate surface area is 170 Å². The van der Waals surface area contributed by atoms with Crippen molar-refractivity contribution in [1.82, 2.24) is 0 Å². The van der Waals surface area contributed by atoms with Gasteiger partial charge in [0.15, 0.2) is 0 Å². The number of benzene rings is 3. The lowest BCUT2D eigenvalue weighted by atomic mass is 10.1. The Morgan fingerprint density at radius 1 is 0.821 bits per heavy atom. The smallest absolute Gasteiger partial charge is 0.127 e. The van der Waals surface area contributed by atoms with Crippen molar-refractivity contribution in [3.8, 4) is 17.2 Å². The monoisotopic (exact) mass is 390 g/mol. The van der Waals surface area contributed by atoms with Crippen molar-refractivity contribution in [3.63, 3.8) is 0 Å². The Bertz CT molecular complexity index is 865. The van der Waals surface area contributed by atoms with E-state index in [9.17, 15) is 0 Å². The van der Waals surface area contributed by atoms with E-state index in [4.69, 9.17) is 14.2 Å². The first-order valence-corrected chi connectivity index (χ1v) is 11.0. The summed E-state index contributed by atoms with van der Waals surface area (Å²) in [7, 11) is 0.609. The molecule has 0 amide bonds. The van der Waals surface area contributed by atoms with E-state index in [-0.39, 0.29) is 5.22 Å². The molecule has 0 saturated carbocycles. The lowest BCUT2D eigenvalue weighted by molar-refractivity contribution is 0.0139. The molecule has 1 unspecified atom stereocenters. The van der Waals surface area contributed by atoms with E-state index in [1.807, 2.05) is 67.6 Å². The van der Waals surface area contributed by atoms with Crippen LogP contribution in [0.2, 0.25) is 6.55 Å². The largest absolute Gasteiger partial charge is 0.494 e. The minimum Gasteiger partial charge on any atom is -0.494 e. The molecule has 0 bridgehead atoms. The summed E-state index contributed by atoms with van der Waals surface area (Å²) in [5.41, 5.74) is 2.25. The summed E-state index contributed by atoms with van der Waals surface area (Å²) in [6.07, 6.45) is 0. The van der Waals surface area contributed by atoms with Crippen LogP contribution in [0.15, 0.2) is 78.9 Å². The molecule has 3 nitrogen and oxygen atoms in total. The molecule has 0 saturated heterocycles. The molecule has 28 heavy (non-hydrogen) atoms. The van der Waals surface area contributed by atoms with Gasteiger partial charge in [-0.1, -0.05) is 49.0 Å². The zero-order chi connectivity index (χ0) is 19.8. The van der Waals surface area contributed by atoms with Gasteiger partial charge >= 0.3 is 0 Å². The van der Waals surface area contributed by atoms with Crippen molar-refractivity contribution < 1.29 is 14.2 Å². The average Bonchev–Trinajstić information content (AvgIpc) is 2.74. The molecule has 1 atom stereocenters. The fourth-order valence-corrected chi connectivity index (χ4v) is 3.56. The Hall–Kier alpha value is -2.56. The third kappa shape index (κ3) is 5.24. The number of hydrogen-bond donors (Lipinski definition) is 0. The van der Waals surface area contributed by atoms with Gasteiger partial charge in [-0.15, -0.1) is 0 Å². The van der Waals surface area contributed by atoms with Gasteiger partial charge in [-0.05, 0) is 61.4 Å². The topological polar surface area (TPSA) is 27.7 Å². The number of rotatable bonds is 9. The molecule has 0 heterocycles. The highest BCUT2D eigenvalue weighted by Crippen LogP contribution is 2.28. The van der Waals surface area contributed by atoms with Crippen molar-refractivity contribution in [2.45, 2.75) is 32.2 Å². The van der Waals surface area contributed by atoms with Gasteiger partial charge in [0.25, 0.3) is 0 Å². The van der Waals surface area contributed by atoms with Gasteiger partial charge in [-0.25, -0.2) is 0 Å². The molecule has 0 aliphatic heterocycles. The van der Waals surface area contributed by atoms with Gasteiger partial charge in [-0.2, -0.15) is 0 Å². The highest BCUT2D eigenvalue weighted by Gasteiger charge is 2.26. The molecular formula is C24H26O3Si. The van der Waals surface area contributed by atoms with Gasteiger partial charge in [0.1, 0.15) is 17.2 Å². The SMILES string of the molecule is CCOc1ccc(C(C)(OCc2cccc(Oc3ccccc3)c2)[Si]C)cc1. The summed E-state index contributed by atoms with van der Waals surface area (Å²) in [4.78, 5) is 0. The molecule has 0 aliphatic carbocycles. The van der Waals surface area contributed by atoms with E-state index in [0.29, 0.717) is 22.7 Å². The predicted molar refractivity (Wildman–Crippen MR) is 114 cm³/mol. The lowest BCUT2D eigenvalue weighted by Crippen LogP contribution is -2.31. The summed E-state index contributed by atoms with van der Waals surface area (Å²) < 4.78 is 17.8. The second-order valence-electron chi connectivity index (χ2n) is 6.59. The molecule has 144 valence electrons. The standard InChI is InChI=1S/C24H26O3Si/c1-4-25-21-15-13-20(14-16-21)24(2,28-3)26-18-19-9-8-12-23(17-19)27-22-10-6-5-7-11-22/h5-17H,4,18H2,1-3H3.